The highest BCUT2D eigenvalue weighted by molar-refractivity contribution is 5.83. The largest absolute Gasteiger partial charge is 0.489 e. The van der Waals surface area contributed by atoms with Gasteiger partial charge >= 0.3 is 12.1 Å². The van der Waals surface area contributed by atoms with Crippen LogP contribution in [0.4, 0.5) is 4.79 Å². The Kier molecular flexibility index (Phi) is 10.3. The number of carboxylic acid groups (broad SMARTS) is 1. The minimum Gasteiger partial charge on any atom is -0.489 e. The summed E-state index contributed by atoms with van der Waals surface area (Å²) in [7, 11) is 0. The van der Waals surface area contributed by atoms with Crippen LogP contribution < -0.4 is 10.1 Å². The Bertz CT molecular complexity index is 1460. The summed E-state index contributed by atoms with van der Waals surface area (Å²) in [5.41, 5.74) is 3.30. The third kappa shape index (κ3) is 8.60. The molecule has 0 saturated carbocycles. The zero-order chi connectivity index (χ0) is 30.1. The highest BCUT2D eigenvalue weighted by Crippen LogP contribution is 2.31. The number of carbonyl (C=O) groups is 2. The van der Waals surface area contributed by atoms with Crippen molar-refractivity contribution >= 4 is 23.0 Å². The van der Waals surface area contributed by atoms with Crippen molar-refractivity contribution in [1.82, 2.24) is 15.2 Å². The number of nitrogens with zero attached hydrogens (tertiary/aromatic N) is 1. The molecule has 222 valence electrons. The number of ether oxygens (including phenoxy) is 2. The fourth-order valence-electron chi connectivity index (χ4n) is 5.01. The topological polar surface area (TPSA) is 104 Å². The van der Waals surface area contributed by atoms with E-state index in [4.69, 9.17) is 9.47 Å². The number of carbonyl (C=O) groups excluding carboxylic acids is 1. The minimum absolute atomic E-state index is 0.0440. The Balaban J connectivity index is 1.49. The van der Waals surface area contributed by atoms with Gasteiger partial charge < -0.3 is 29.8 Å². The number of benzene rings is 3. The van der Waals surface area contributed by atoms with E-state index in [-0.39, 0.29) is 18.5 Å². The van der Waals surface area contributed by atoms with Crippen LogP contribution in [-0.2, 0) is 22.6 Å². The van der Waals surface area contributed by atoms with E-state index in [1.807, 2.05) is 113 Å². The number of hydrogen-bond acceptors (Lipinski definition) is 5. The van der Waals surface area contributed by atoms with Gasteiger partial charge in [0, 0.05) is 41.8 Å². The van der Waals surface area contributed by atoms with Gasteiger partial charge in [-0.25, -0.2) is 4.79 Å². The molecular formula is C34H41N3O5. The zero-order valence-electron chi connectivity index (χ0n) is 24.8. The van der Waals surface area contributed by atoms with Gasteiger partial charge in [0.2, 0.25) is 0 Å². The van der Waals surface area contributed by atoms with Crippen molar-refractivity contribution in [3.8, 4) is 5.75 Å². The minimum atomic E-state index is -0.880. The van der Waals surface area contributed by atoms with Gasteiger partial charge in [-0.15, -0.1) is 0 Å². The lowest BCUT2D eigenvalue weighted by Crippen LogP contribution is -2.44. The van der Waals surface area contributed by atoms with Crippen molar-refractivity contribution in [3.05, 3.63) is 102 Å². The van der Waals surface area contributed by atoms with E-state index < -0.39 is 17.7 Å². The monoisotopic (exact) mass is 571 g/mol. The molecule has 1 heterocycles. The second-order valence-electron chi connectivity index (χ2n) is 11.5. The quantitative estimate of drug-likeness (QED) is 0.165. The average Bonchev–Trinajstić information content (AvgIpc) is 3.36. The smallest absolute Gasteiger partial charge is 0.410 e. The second-order valence-corrected chi connectivity index (χ2v) is 11.5. The van der Waals surface area contributed by atoms with Crippen molar-refractivity contribution in [3.63, 3.8) is 0 Å². The highest BCUT2D eigenvalue weighted by Gasteiger charge is 2.28. The molecule has 1 amide bonds. The number of carboxylic acids is 1. The molecule has 0 bridgehead atoms. The van der Waals surface area contributed by atoms with Crippen LogP contribution in [0.3, 0.4) is 0 Å². The molecule has 3 aromatic carbocycles. The Labute approximate surface area is 247 Å². The van der Waals surface area contributed by atoms with Gasteiger partial charge in [0.1, 0.15) is 18.0 Å². The van der Waals surface area contributed by atoms with Crippen molar-refractivity contribution in [1.29, 1.82) is 0 Å². The molecule has 3 N–H and O–H groups in total. The summed E-state index contributed by atoms with van der Waals surface area (Å²) >= 11 is 0. The number of rotatable bonds is 13. The fourth-order valence-corrected chi connectivity index (χ4v) is 5.01. The molecule has 0 spiro atoms. The van der Waals surface area contributed by atoms with Gasteiger partial charge in [0.15, 0.2) is 0 Å². The predicted octanol–water partition coefficient (Wildman–Crippen LogP) is 6.72. The van der Waals surface area contributed by atoms with E-state index in [0.29, 0.717) is 31.9 Å². The van der Waals surface area contributed by atoms with E-state index in [1.165, 1.54) is 0 Å². The van der Waals surface area contributed by atoms with Crippen LogP contribution in [0.25, 0.3) is 10.9 Å². The van der Waals surface area contributed by atoms with Crippen molar-refractivity contribution in [2.45, 2.75) is 64.8 Å². The number of aromatic amines is 1. The van der Waals surface area contributed by atoms with Crippen molar-refractivity contribution in [2.75, 3.05) is 13.1 Å². The fraction of sp³-hybridized carbons (Fsp3) is 0.353. The molecule has 1 aromatic heterocycles. The van der Waals surface area contributed by atoms with Gasteiger partial charge in [0.25, 0.3) is 0 Å². The van der Waals surface area contributed by atoms with Crippen molar-refractivity contribution in [2.24, 2.45) is 0 Å². The highest BCUT2D eigenvalue weighted by atomic mass is 16.6. The lowest BCUT2D eigenvalue weighted by Gasteiger charge is -2.33. The van der Waals surface area contributed by atoms with E-state index >= 15 is 0 Å². The standard InChI is InChI=1S/C34H41N3O5/c1-24(28-14-9-11-17-31(28)41-23-25-12-6-5-7-13-25)37(33(40)42-34(2,3)4)19-18-35-27(21-32(38)39)20-26-22-36-30-16-10-8-15-29(26)30/h5-17,22,24,27,35-36H,18-21,23H2,1-4H3,(H,38,39)/t24?,27-/m0/s1. The SMILES string of the molecule is CC(c1ccccc1OCc1ccccc1)N(CCN[C@H](CC(=O)O)Cc1c[nH]c2ccccc12)C(=O)OC(C)(C)C. The molecule has 0 saturated heterocycles. The van der Waals surface area contributed by atoms with Crippen LogP contribution in [-0.4, -0.2) is 51.8 Å². The summed E-state index contributed by atoms with van der Waals surface area (Å²) in [4.78, 5) is 30.1. The lowest BCUT2D eigenvalue weighted by molar-refractivity contribution is -0.137. The lowest BCUT2D eigenvalue weighted by atomic mass is 10.0. The molecule has 42 heavy (non-hydrogen) atoms. The number of fused-ring (bicyclic) bond motifs is 1. The molecule has 8 heteroatoms. The molecule has 0 aliphatic rings. The number of para-hydroxylation sites is 2. The Morgan fingerprint density at radius 3 is 2.40 bits per heavy atom. The molecule has 2 atom stereocenters. The number of amides is 1. The van der Waals surface area contributed by atoms with E-state index in [1.54, 1.807) is 4.90 Å². The Morgan fingerprint density at radius 1 is 0.976 bits per heavy atom. The number of aliphatic carboxylic acids is 1. The van der Waals surface area contributed by atoms with Crippen LogP contribution in [0.5, 0.6) is 5.75 Å². The molecular weight excluding hydrogens is 530 g/mol. The summed E-state index contributed by atoms with van der Waals surface area (Å²) < 4.78 is 12.0. The summed E-state index contributed by atoms with van der Waals surface area (Å²) in [6.07, 6.45) is 1.98. The maximum atomic E-state index is 13.5. The molecule has 0 radical (unpaired) electrons. The van der Waals surface area contributed by atoms with Crippen molar-refractivity contribution < 1.29 is 24.2 Å². The normalized spacial score (nSPS) is 13.0. The van der Waals surface area contributed by atoms with Crippen LogP contribution in [0, 0.1) is 0 Å². The first-order valence-electron chi connectivity index (χ1n) is 14.4. The molecule has 8 nitrogen and oxygen atoms in total. The van der Waals surface area contributed by atoms with Gasteiger partial charge in [-0.2, -0.15) is 0 Å². The van der Waals surface area contributed by atoms with Gasteiger partial charge in [-0.1, -0.05) is 66.7 Å². The van der Waals surface area contributed by atoms with E-state index in [9.17, 15) is 14.7 Å². The number of nitrogens with one attached hydrogen (secondary N) is 2. The van der Waals surface area contributed by atoms with Gasteiger partial charge in [-0.3, -0.25) is 4.79 Å². The summed E-state index contributed by atoms with van der Waals surface area (Å²) in [5.74, 6) is -0.187. The number of aromatic nitrogens is 1. The zero-order valence-corrected chi connectivity index (χ0v) is 24.8. The summed E-state index contributed by atoms with van der Waals surface area (Å²) in [5, 5.41) is 14.1. The number of H-pyrrole nitrogens is 1. The molecule has 4 rings (SSSR count). The van der Waals surface area contributed by atoms with Gasteiger partial charge in [-0.05, 0) is 57.4 Å². The maximum Gasteiger partial charge on any atom is 0.410 e. The second kappa shape index (κ2) is 14.0. The molecule has 0 aliphatic carbocycles. The number of hydrogen-bond donors (Lipinski definition) is 3. The first-order valence-corrected chi connectivity index (χ1v) is 14.4. The molecule has 4 aromatic rings. The third-order valence-electron chi connectivity index (χ3n) is 7.05. The third-order valence-corrected chi connectivity index (χ3v) is 7.05. The molecule has 0 fully saturated rings. The first-order chi connectivity index (χ1) is 20.1. The average molecular weight is 572 g/mol. The van der Waals surface area contributed by atoms with Crippen LogP contribution in [0.2, 0.25) is 0 Å². The molecule has 1 unspecified atom stereocenters. The Hall–Kier alpha value is -4.30. The predicted molar refractivity (Wildman–Crippen MR) is 165 cm³/mol. The first kappa shape index (κ1) is 30.7. The Morgan fingerprint density at radius 2 is 1.67 bits per heavy atom. The van der Waals surface area contributed by atoms with Crippen LogP contribution >= 0.6 is 0 Å². The maximum absolute atomic E-state index is 13.5. The van der Waals surface area contributed by atoms with Crippen LogP contribution in [0.1, 0.15) is 56.8 Å². The molecule has 0 aliphatic heterocycles. The van der Waals surface area contributed by atoms with Gasteiger partial charge in [0.05, 0.1) is 12.5 Å². The van der Waals surface area contributed by atoms with E-state index in [0.717, 1.165) is 27.6 Å². The summed E-state index contributed by atoms with van der Waals surface area (Å²) in [6.45, 7) is 8.58. The van der Waals surface area contributed by atoms with Crippen LogP contribution in [0.15, 0.2) is 85.1 Å². The van der Waals surface area contributed by atoms with E-state index in [2.05, 4.69) is 10.3 Å². The summed E-state index contributed by atoms with van der Waals surface area (Å²) in [6, 6.07) is 24.9.